The van der Waals surface area contributed by atoms with Crippen LogP contribution >= 0.6 is 0 Å². The summed E-state index contributed by atoms with van der Waals surface area (Å²) in [5.74, 6) is 2.36. The molecule has 0 bridgehead atoms. The van der Waals surface area contributed by atoms with Crippen molar-refractivity contribution in [3.8, 4) is 5.75 Å². The first-order valence-corrected chi connectivity index (χ1v) is 6.83. The highest BCUT2D eigenvalue weighted by molar-refractivity contribution is 6.52. The molecule has 6 heteroatoms. The van der Waals surface area contributed by atoms with Gasteiger partial charge in [0, 0.05) is 0 Å². The van der Waals surface area contributed by atoms with Crippen molar-refractivity contribution in [1.82, 2.24) is 4.98 Å². The van der Waals surface area contributed by atoms with Gasteiger partial charge in [0.25, 0.3) is 0 Å². The van der Waals surface area contributed by atoms with Crippen LogP contribution in [0, 0.1) is 0 Å². The number of rotatable bonds is 4. The van der Waals surface area contributed by atoms with Crippen LogP contribution in [0.15, 0.2) is 18.1 Å². The lowest BCUT2D eigenvalue weighted by molar-refractivity contribution is 0.00578. The molecule has 1 aliphatic rings. The van der Waals surface area contributed by atoms with Gasteiger partial charge in [0.05, 0.1) is 18.3 Å². The zero-order chi connectivity index (χ0) is 15.7. The Labute approximate surface area is 125 Å². The highest BCUT2D eigenvalue weighted by atomic mass is 16.7. The minimum Gasteiger partial charge on any atom is -0.494 e. The molecule has 2 rings (SSSR count). The summed E-state index contributed by atoms with van der Waals surface area (Å²) in [6.45, 7) is 7.97. The van der Waals surface area contributed by atoms with Gasteiger partial charge < -0.3 is 14.0 Å². The highest BCUT2D eigenvalue weighted by Gasteiger charge is 2.50. The van der Waals surface area contributed by atoms with Gasteiger partial charge in [-0.2, -0.15) is 0 Å². The van der Waals surface area contributed by atoms with Crippen molar-refractivity contribution >= 4 is 19.5 Å². The molecule has 0 amide bonds. The monoisotopic (exact) mass is 289 g/mol. The van der Waals surface area contributed by atoms with Crippen molar-refractivity contribution in [2.24, 2.45) is 0 Å². The number of pyridine rings is 1. The maximum Gasteiger partial charge on any atom is 0.487 e. The molecule has 0 atom stereocenters. The van der Waals surface area contributed by atoms with E-state index in [1.807, 2.05) is 27.7 Å². The zero-order valence-corrected chi connectivity index (χ0v) is 13.0. The first kappa shape index (κ1) is 15.7. The fraction of sp³-hybridized carbons (Fsp3) is 0.467. The van der Waals surface area contributed by atoms with Crippen molar-refractivity contribution in [1.29, 1.82) is 0 Å². The zero-order valence-electron chi connectivity index (χ0n) is 13.0. The molecule has 1 aromatic heterocycles. The number of nitrogens with zero attached hydrogens (tertiary/aromatic N) is 1. The summed E-state index contributed by atoms with van der Waals surface area (Å²) >= 11 is 0. The van der Waals surface area contributed by atoms with Crippen LogP contribution in [0.1, 0.15) is 43.9 Å². The lowest BCUT2D eigenvalue weighted by Crippen LogP contribution is -2.41. The van der Waals surface area contributed by atoms with Crippen LogP contribution in [0.5, 0.6) is 5.75 Å². The largest absolute Gasteiger partial charge is 0.494 e. The average Bonchev–Trinajstić information content (AvgIpc) is 2.64. The Hall–Kier alpha value is -1.66. The number of hydrogen-bond acceptors (Lipinski definition) is 5. The number of methoxy groups -OCH3 is 1. The number of carbonyl (C=O) groups excluding carboxylic acids is 1. The Bertz CT molecular complexity index is 553. The molecule has 0 aromatic carbocycles. The van der Waals surface area contributed by atoms with Crippen molar-refractivity contribution < 1.29 is 18.8 Å². The van der Waals surface area contributed by atoms with E-state index in [-0.39, 0.29) is 11.2 Å². The van der Waals surface area contributed by atoms with Gasteiger partial charge in [-0.05, 0) is 45.9 Å². The van der Waals surface area contributed by atoms with Crippen molar-refractivity contribution in [2.45, 2.75) is 38.9 Å². The maximum absolute atomic E-state index is 10.8. The summed E-state index contributed by atoms with van der Waals surface area (Å²) in [5.41, 5.74) is 0.148. The van der Waals surface area contributed by atoms with Crippen molar-refractivity contribution in [3.05, 3.63) is 29.5 Å². The SMILES string of the molecule is COc1ccc(C=O)nc1/C=C/B1OC(C)(C)C(C)(C)O1. The van der Waals surface area contributed by atoms with Gasteiger partial charge in [0.15, 0.2) is 6.29 Å². The summed E-state index contributed by atoms with van der Waals surface area (Å²) < 4.78 is 17.0. The Morgan fingerprint density at radius 1 is 1.19 bits per heavy atom. The number of aromatic nitrogens is 1. The fourth-order valence-electron chi connectivity index (χ4n) is 1.97. The third-order valence-electron chi connectivity index (χ3n) is 3.93. The summed E-state index contributed by atoms with van der Waals surface area (Å²) in [7, 11) is 1.10. The summed E-state index contributed by atoms with van der Waals surface area (Å²) in [6.07, 6.45) is 2.44. The van der Waals surface area contributed by atoms with Crippen LogP contribution in [0.3, 0.4) is 0 Å². The molecule has 2 heterocycles. The highest BCUT2D eigenvalue weighted by Crippen LogP contribution is 2.37. The van der Waals surface area contributed by atoms with E-state index < -0.39 is 7.12 Å². The Morgan fingerprint density at radius 2 is 1.81 bits per heavy atom. The standard InChI is InChI=1S/C15H20BNO4/c1-14(2)15(3,4)21-16(20-14)9-8-12-13(19-5)7-6-11(10-18)17-12/h6-10H,1-5H3/b9-8+. The Balaban J connectivity index is 2.21. The Morgan fingerprint density at radius 3 is 2.33 bits per heavy atom. The molecule has 1 saturated heterocycles. The summed E-state index contributed by atoms with van der Waals surface area (Å²) in [6, 6.07) is 3.32. The number of hydrogen-bond donors (Lipinski definition) is 0. The van der Waals surface area contributed by atoms with E-state index in [0.29, 0.717) is 23.4 Å². The van der Waals surface area contributed by atoms with E-state index in [1.54, 1.807) is 31.3 Å². The molecule has 1 aromatic rings. The second kappa shape index (κ2) is 5.62. The topological polar surface area (TPSA) is 57.7 Å². The number of aldehydes is 1. The second-order valence-electron chi connectivity index (χ2n) is 5.93. The van der Waals surface area contributed by atoms with Crippen molar-refractivity contribution in [3.63, 3.8) is 0 Å². The van der Waals surface area contributed by atoms with Crippen LogP contribution < -0.4 is 4.74 Å². The van der Waals surface area contributed by atoms with E-state index in [2.05, 4.69) is 4.98 Å². The van der Waals surface area contributed by atoms with Gasteiger partial charge >= 0.3 is 7.12 Å². The van der Waals surface area contributed by atoms with E-state index in [4.69, 9.17) is 14.0 Å². The van der Waals surface area contributed by atoms with E-state index in [1.165, 1.54) is 0 Å². The van der Waals surface area contributed by atoms with E-state index in [9.17, 15) is 4.79 Å². The summed E-state index contributed by atoms with van der Waals surface area (Å²) in [5, 5.41) is 0. The number of ether oxygens (including phenoxy) is 1. The second-order valence-corrected chi connectivity index (χ2v) is 5.93. The van der Waals surface area contributed by atoms with Crippen LogP contribution in [-0.2, 0) is 9.31 Å². The molecule has 5 nitrogen and oxygen atoms in total. The number of carbonyl (C=O) groups is 1. The fourth-order valence-corrected chi connectivity index (χ4v) is 1.97. The Kier molecular flexibility index (Phi) is 4.21. The molecule has 0 saturated carbocycles. The molecule has 21 heavy (non-hydrogen) atoms. The molecule has 0 unspecified atom stereocenters. The van der Waals surface area contributed by atoms with Gasteiger partial charge in [-0.3, -0.25) is 4.79 Å². The minimum atomic E-state index is -0.457. The smallest absolute Gasteiger partial charge is 0.487 e. The molecule has 0 aliphatic carbocycles. The molecular formula is C15H20BNO4. The minimum absolute atomic E-state index is 0.351. The van der Waals surface area contributed by atoms with Crippen LogP contribution in [0.2, 0.25) is 0 Å². The molecule has 1 fully saturated rings. The predicted octanol–water partition coefficient (Wildman–Crippen LogP) is 2.55. The molecule has 0 N–H and O–H groups in total. The lowest BCUT2D eigenvalue weighted by Gasteiger charge is -2.32. The van der Waals surface area contributed by atoms with Gasteiger partial charge in [-0.25, -0.2) is 4.98 Å². The summed E-state index contributed by atoms with van der Waals surface area (Å²) in [4.78, 5) is 15.0. The first-order chi connectivity index (χ1) is 9.79. The quantitative estimate of drug-likeness (QED) is 0.629. The molecule has 1 aliphatic heterocycles. The normalized spacial score (nSPS) is 20.0. The predicted molar refractivity (Wildman–Crippen MR) is 81.3 cm³/mol. The average molecular weight is 289 g/mol. The third kappa shape index (κ3) is 3.17. The molecule has 112 valence electrons. The third-order valence-corrected chi connectivity index (χ3v) is 3.93. The van der Waals surface area contributed by atoms with Crippen LogP contribution in [0.25, 0.3) is 6.08 Å². The first-order valence-electron chi connectivity index (χ1n) is 6.83. The lowest BCUT2D eigenvalue weighted by atomic mass is 9.89. The molecule has 0 radical (unpaired) electrons. The van der Waals surface area contributed by atoms with E-state index >= 15 is 0 Å². The molecular weight excluding hydrogens is 269 g/mol. The van der Waals surface area contributed by atoms with Gasteiger partial charge in [0.1, 0.15) is 17.1 Å². The van der Waals surface area contributed by atoms with Crippen LogP contribution in [0.4, 0.5) is 0 Å². The van der Waals surface area contributed by atoms with Crippen LogP contribution in [-0.4, -0.2) is 36.7 Å². The van der Waals surface area contributed by atoms with Crippen molar-refractivity contribution in [2.75, 3.05) is 7.11 Å². The maximum atomic E-state index is 10.8. The van der Waals surface area contributed by atoms with Gasteiger partial charge in [0.2, 0.25) is 0 Å². The van der Waals surface area contributed by atoms with E-state index in [0.717, 1.165) is 0 Å². The molecule has 0 spiro atoms. The van der Waals surface area contributed by atoms with Gasteiger partial charge in [-0.15, -0.1) is 0 Å². The van der Waals surface area contributed by atoms with Gasteiger partial charge in [-0.1, -0.05) is 5.98 Å².